The molecule has 0 bridgehead atoms. The molecule has 0 atom stereocenters. The second-order valence-corrected chi connectivity index (χ2v) is 7.44. The Morgan fingerprint density at radius 1 is 1.27 bits per heavy atom. The number of nitro groups is 1. The van der Waals surface area contributed by atoms with E-state index in [1.807, 2.05) is 0 Å². The van der Waals surface area contributed by atoms with Crippen LogP contribution >= 0.6 is 11.3 Å². The van der Waals surface area contributed by atoms with Gasteiger partial charge in [-0.3, -0.25) is 14.9 Å². The number of halogens is 1. The molecule has 3 rings (SSSR count). The van der Waals surface area contributed by atoms with Crippen LogP contribution in [-0.4, -0.2) is 23.4 Å². The van der Waals surface area contributed by atoms with Crippen molar-refractivity contribution in [3.63, 3.8) is 0 Å². The van der Waals surface area contributed by atoms with Crippen LogP contribution in [-0.2, 0) is 9.53 Å². The highest BCUT2D eigenvalue weighted by Crippen LogP contribution is 2.36. The minimum absolute atomic E-state index is 0.0782. The van der Waals surface area contributed by atoms with Crippen LogP contribution in [0.3, 0.4) is 0 Å². The van der Waals surface area contributed by atoms with E-state index in [9.17, 15) is 29.4 Å². The molecule has 166 valence electrons. The van der Waals surface area contributed by atoms with E-state index < -0.39 is 22.6 Å². The minimum Gasteiger partial charge on any atom is -0.462 e. The Bertz CT molecular complexity index is 1290. The van der Waals surface area contributed by atoms with E-state index in [0.29, 0.717) is 16.7 Å². The van der Waals surface area contributed by atoms with Gasteiger partial charge in [0.1, 0.15) is 28.0 Å². The average Bonchev–Trinajstić information content (AvgIpc) is 3.21. The van der Waals surface area contributed by atoms with Gasteiger partial charge in [-0.1, -0.05) is 24.3 Å². The van der Waals surface area contributed by atoms with E-state index in [1.54, 1.807) is 18.4 Å². The molecule has 3 aromatic rings. The van der Waals surface area contributed by atoms with Crippen molar-refractivity contribution in [3.05, 3.63) is 86.5 Å². The maximum Gasteiger partial charge on any atom is 0.341 e. The molecule has 1 aromatic heterocycles. The van der Waals surface area contributed by atoms with Crippen LogP contribution in [0.2, 0.25) is 0 Å². The molecular weight excluding hydrogens is 449 g/mol. The van der Waals surface area contributed by atoms with Crippen molar-refractivity contribution in [2.45, 2.75) is 6.92 Å². The lowest BCUT2D eigenvalue weighted by atomic mass is 10.0. The van der Waals surface area contributed by atoms with Gasteiger partial charge in [0.05, 0.1) is 11.5 Å². The van der Waals surface area contributed by atoms with Gasteiger partial charge < -0.3 is 10.1 Å². The Morgan fingerprint density at radius 3 is 2.64 bits per heavy atom. The number of hydrogen-bond acceptors (Lipinski definition) is 7. The summed E-state index contributed by atoms with van der Waals surface area (Å²) in [7, 11) is 0. The molecule has 1 amide bonds. The molecule has 0 aliphatic rings. The van der Waals surface area contributed by atoms with Gasteiger partial charge in [0.25, 0.3) is 11.6 Å². The number of anilines is 1. The number of esters is 1. The standard InChI is InChI=1S/C23H16FN3O5S/c1-2-32-23(29)20-19(15-6-8-17(24)9-7-15)13-33-22(20)26-21(28)16(12-25)10-14-4-3-5-18(11-14)27(30)31/h3-11,13H,2H2,1H3,(H,26,28)/b16-10+. The number of carbonyl (C=O) groups excluding carboxylic acids is 2. The molecule has 0 radical (unpaired) electrons. The highest BCUT2D eigenvalue weighted by molar-refractivity contribution is 7.15. The zero-order valence-electron chi connectivity index (χ0n) is 17.2. The fraction of sp³-hybridized carbons (Fsp3) is 0.0870. The quantitative estimate of drug-likeness (QED) is 0.169. The molecular formula is C23H16FN3O5S. The largest absolute Gasteiger partial charge is 0.462 e. The first-order valence-electron chi connectivity index (χ1n) is 9.56. The highest BCUT2D eigenvalue weighted by Gasteiger charge is 2.24. The van der Waals surface area contributed by atoms with E-state index in [-0.39, 0.29) is 28.4 Å². The van der Waals surface area contributed by atoms with Gasteiger partial charge >= 0.3 is 5.97 Å². The third-order valence-corrected chi connectivity index (χ3v) is 5.31. The summed E-state index contributed by atoms with van der Waals surface area (Å²) < 4.78 is 18.4. The first kappa shape index (κ1) is 23.3. The average molecular weight is 465 g/mol. The van der Waals surface area contributed by atoms with Gasteiger partial charge in [0, 0.05) is 23.1 Å². The molecule has 2 aromatic carbocycles. The first-order valence-corrected chi connectivity index (χ1v) is 10.4. The summed E-state index contributed by atoms with van der Waals surface area (Å²) in [6.07, 6.45) is 1.21. The van der Waals surface area contributed by atoms with Crippen molar-refractivity contribution in [3.8, 4) is 17.2 Å². The lowest BCUT2D eigenvalue weighted by molar-refractivity contribution is -0.384. The smallest absolute Gasteiger partial charge is 0.341 e. The first-order chi connectivity index (χ1) is 15.8. The fourth-order valence-electron chi connectivity index (χ4n) is 2.91. The van der Waals surface area contributed by atoms with Crippen LogP contribution in [0, 0.1) is 27.3 Å². The Balaban J connectivity index is 1.96. The van der Waals surface area contributed by atoms with Gasteiger partial charge in [-0.05, 0) is 36.3 Å². The van der Waals surface area contributed by atoms with Crippen LogP contribution in [0.25, 0.3) is 17.2 Å². The highest BCUT2D eigenvalue weighted by atomic mass is 32.1. The third kappa shape index (κ3) is 5.47. The lowest BCUT2D eigenvalue weighted by Crippen LogP contribution is -2.16. The molecule has 0 saturated carbocycles. The number of rotatable bonds is 7. The molecule has 0 saturated heterocycles. The predicted octanol–water partition coefficient (Wildman–Crippen LogP) is 5.18. The summed E-state index contributed by atoms with van der Waals surface area (Å²) in [5.41, 5.74) is 0.850. The van der Waals surface area contributed by atoms with Crippen LogP contribution in [0.15, 0.2) is 59.5 Å². The summed E-state index contributed by atoms with van der Waals surface area (Å²) in [6, 6.07) is 12.7. The second kappa shape index (κ2) is 10.3. The zero-order chi connectivity index (χ0) is 24.0. The Hall–Kier alpha value is -4.36. The number of amides is 1. The second-order valence-electron chi connectivity index (χ2n) is 6.56. The predicted molar refractivity (Wildman–Crippen MR) is 121 cm³/mol. The van der Waals surface area contributed by atoms with Crippen LogP contribution in [0.1, 0.15) is 22.8 Å². The third-order valence-electron chi connectivity index (χ3n) is 4.41. The van der Waals surface area contributed by atoms with E-state index >= 15 is 0 Å². The van der Waals surface area contributed by atoms with E-state index in [0.717, 1.165) is 11.3 Å². The number of nitro benzene ring substituents is 1. The summed E-state index contributed by atoms with van der Waals surface area (Å²) >= 11 is 1.05. The normalized spacial score (nSPS) is 10.9. The SMILES string of the molecule is CCOC(=O)c1c(-c2ccc(F)cc2)csc1NC(=O)/C(C#N)=C/c1cccc([N+](=O)[O-])c1. The molecule has 10 heteroatoms. The van der Waals surface area contributed by atoms with Gasteiger partial charge in [-0.25, -0.2) is 9.18 Å². The van der Waals surface area contributed by atoms with Crippen molar-refractivity contribution in [2.24, 2.45) is 0 Å². The summed E-state index contributed by atoms with van der Waals surface area (Å²) in [6.45, 7) is 1.73. The van der Waals surface area contributed by atoms with Crippen molar-refractivity contribution in [1.82, 2.24) is 0 Å². The number of benzene rings is 2. The maximum absolute atomic E-state index is 13.3. The van der Waals surface area contributed by atoms with Gasteiger partial charge in [-0.2, -0.15) is 5.26 Å². The zero-order valence-corrected chi connectivity index (χ0v) is 18.0. The molecule has 8 nitrogen and oxygen atoms in total. The molecule has 1 N–H and O–H groups in total. The van der Waals surface area contributed by atoms with Crippen LogP contribution in [0.5, 0.6) is 0 Å². The van der Waals surface area contributed by atoms with Crippen molar-refractivity contribution in [2.75, 3.05) is 11.9 Å². The van der Waals surface area contributed by atoms with E-state index in [2.05, 4.69) is 5.32 Å². The molecule has 0 spiro atoms. The lowest BCUT2D eigenvalue weighted by Gasteiger charge is -2.08. The molecule has 0 aliphatic heterocycles. The Labute approximate surface area is 191 Å². The summed E-state index contributed by atoms with van der Waals surface area (Å²) in [4.78, 5) is 35.7. The van der Waals surface area contributed by atoms with Gasteiger partial charge in [-0.15, -0.1) is 11.3 Å². The van der Waals surface area contributed by atoms with Gasteiger partial charge in [0.15, 0.2) is 0 Å². The van der Waals surface area contributed by atoms with Gasteiger partial charge in [0.2, 0.25) is 0 Å². The van der Waals surface area contributed by atoms with Crippen molar-refractivity contribution < 1.29 is 23.6 Å². The minimum atomic E-state index is -0.804. The molecule has 0 aliphatic carbocycles. The number of nitriles is 1. The van der Waals surface area contributed by atoms with Crippen LogP contribution in [0.4, 0.5) is 15.1 Å². The van der Waals surface area contributed by atoms with Crippen molar-refractivity contribution >= 4 is 40.0 Å². The maximum atomic E-state index is 13.3. The summed E-state index contributed by atoms with van der Waals surface area (Å²) in [5, 5.41) is 24.7. The fourth-order valence-corrected chi connectivity index (χ4v) is 3.86. The number of hydrogen-bond donors (Lipinski definition) is 1. The Morgan fingerprint density at radius 2 is 2.00 bits per heavy atom. The number of non-ortho nitro benzene ring substituents is 1. The molecule has 0 unspecified atom stereocenters. The topological polar surface area (TPSA) is 122 Å². The monoisotopic (exact) mass is 465 g/mol. The molecule has 33 heavy (non-hydrogen) atoms. The number of thiophene rings is 1. The van der Waals surface area contributed by atoms with Crippen molar-refractivity contribution in [1.29, 1.82) is 5.26 Å². The van der Waals surface area contributed by atoms with E-state index in [4.69, 9.17) is 4.74 Å². The number of ether oxygens (including phenoxy) is 1. The number of nitrogens with zero attached hydrogens (tertiary/aromatic N) is 2. The Kier molecular flexibility index (Phi) is 7.27. The number of carbonyl (C=O) groups is 2. The molecule has 0 fully saturated rings. The van der Waals surface area contributed by atoms with Crippen LogP contribution < -0.4 is 5.32 Å². The summed E-state index contributed by atoms with van der Waals surface area (Å²) in [5.74, 6) is -1.93. The number of nitrogens with one attached hydrogen (secondary N) is 1. The molecule has 1 heterocycles. The van der Waals surface area contributed by atoms with E-state index in [1.165, 1.54) is 54.6 Å².